The van der Waals surface area contributed by atoms with Crippen LogP contribution in [0.15, 0.2) is 72.8 Å². The summed E-state index contributed by atoms with van der Waals surface area (Å²) in [5.74, 6) is -1.53. The standard InChI is InChI=1S/C25H21N3O6/c1-15(27-24(30)19-9-6-10-20(28(32)33)21(19)25(27)31)23(29)26-22(16-7-4-3-5-8-16)17-11-13-18(34-2)14-12-17/h3-15,22H,1-2H3,(H,26,29). The van der Waals surface area contributed by atoms with Gasteiger partial charge in [-0.15, -0.1) is 0 Å². The van der Waals surface area contributed by atoms with E-state index in [0.29, 0.717) is 5.75 Å². The quantitative estimate of drug-likeness (QED) is 0.328. The van der Waals surface area contributed by atoms with Crippen LogP contribution < -0.4 is 10.1 Å². The van der Waals surface area contributed by atoms with E-state index in [-0.39, 0.29) is 11.1 Å². The van der Waals surface area contributed by atoms with Gasteiger partial charge in [-0.25, -0.2) is 0 Å². The second-order valence-corrected chi connectivity index (χ2v) is 7.74. The first kappa shape index (κ1) is 22.7. The first-order valence-electron chi connectivity index (χ1n) is 10.5. The zero-order chi connectivity index (χ0) is 24.4. The van der Waals surface area contributed by atoms with Crippen LogP contribution in [-0.4, -0.2) is 40.7 Å². The molecule has 3 amide bonds. The maximum Gasteiger partial charge on any atom is 0.282 e. The van der Waals surface area contributed by atoms with Gasteiger partial charge in [-0.05, 0) is 36.2 Å². The molecule has 3 aromatic carbocycles. The van der Waals surface area contributed by atoms with E-state index in [2.05, 4.69) is 5.32 Å². The molecule has 1 heterocycles. The lowest BCUT2D eigenvalue weighted by Gasteiger charge is -2.26. The Labute approximate surface area is 195 Å². The van der Waals surface area contributed by atoms with Gasteiger partial charge in [0.2, 0.25) is 5.91 Å². The molecule has 4 rings (SSSR count). The van der Waals surface area contributed by atoms with Gasteiger partial charge in [0.25, 0.3) is 17.5 Å². The molecule has 1 aliphatic rings. The number of nitro groups is 1. The van der Waals surface area contributed by atoms with Gasteiger partial charge in [-0.2, -0.15) is 0 Å². The minimum absolute atomic E-state index is 0.0892. The number of rotatable bonds is 7. The fourth-order valence-corrected chi connectivity index (χ4v) is 3.97. The van der Waals surface area contributed by atoms with E-state index in [1.54, 1.807) is 19.2 Å². The van der Waals surface area contributed by atoms with Gasteiger partial charge in [0.1, 0.15) is 17.4 Å². The van der Waals surface area contributed by atoms with Crippen molar-refractivity contribution in [2.24, 2.45) is 0 Å². The summed E-state index contributed by atoms with van der Waals surface area (Å²) in [4.78, 5) is 50.6. The lowest BCUT2D eigenvalue weighted by atomic mass is 9.98. The minimum Gasteiger partial charge on any atom is -0.497 e. The highest BCUT2D eigenvalue weighted by Gasteiger charge is 2.45. The summed E-state index contributed by atoms with van der Waals surface area (Å²) >= 11 is 0. The van der Waals surface area contributed by atoms with E-state index in [4.69, 9.17) is 4.74 Å². The van der Waals surface area contributed by atoms with Crippen molar-refractivity contribution in [2.75, 3.05) is 7.11 Å². The Hall–Kier alpha value is -4.53. The molecule has 0 fully saturated rings. The summed E-state index contributed by atoms with van der Waals surface area (Å²) in [5, 5.41) is 14.3. The molecule has 1 N–H and O–H groups in total. The molecular weight excluding hydrogens is 438 g/mol. The second-order valence-electron chi connectivity index (χ2n) is 7.74. The van der Waals surface area contributed by atoms with E-state index < -0.39 is 40.4 Å². The van der Waals surface area contributed by atoms with Gasteiger partial charge >= 0.3 is 0 Å². The Bertz CT molecular complexity index is 1270. The summed E-state index contributed by atoms with van der Waals surface area (Å²) < 4.78 is 5.21. The number of nitro benzene ring substituents is 1. The SMILES string of the molecule is COc1ccc(C(NC(=O)C(C)N2C(=O)c3cccc([N+](=O)[O-])c3C2=O)c2ccccc2)cc1. The minimum atomic E-state index is -1.20. The maximum atomic E-state index is 13.3. The molecule has 172 valence electrons. The molecular formula is C25H21N3O6. The van der Waals surface area contributed by atoms with Crippen molar-refractivity contribution in [2.45, 2.75) is 19.0 Å². The first-order valence-corrected chi connectivity index (χ1v) is 10.5. The van der Waals surface area contributed by atoms with E-state index >= 15 is 0 Å². The van der Waals surface area contributed by atoms with E-state index in [1.165, 1.54) is 19.1 Å². The zero-order valence-electron chi connectivity index (χ0n) is 18.4. The normalized spacial score (nSPS) is 14.4. The Balaban J connectivity index is 1.63. The molecule has 9 heteroatoms. The van der Waals surface area contributed by atoms with Crippen molar-refractivity contribution in [3.63, 3.8) is 0 Å². The number of carbonyl (C=O) groups is 3. The van der Waals surface area contributed by atoms with Crippen molar-refractivity contribution in [3.05, 3.63) is 105 Å². The number of ether oxygens (including phenoxy) is 1. The van der Waals surface area contributed by atoms with Crippen LogP contribution in [0.4, 0.5) is 5.69 Å². The van der Waals surface area contributed by atoms with Crippen LogP contribution in [0, 0.1) is 10.1 Å². The Morgan fingerprint density at radius 1 is 0.941 bits per heavy atom. The predicted molar refractivity (Wildman–Crippen MR) is 122 cm³/mol. The van der Waals surface area contributed by atoms with Crippen LogP contribution in [0.3, 0.4) is 0 Å². The molecule has 0 aliphatic carbocycles. The number of fused-ring (bicyclic) bond motifs is 1. The molecule has 1 aliphatic heterocycles. The Morgan fingerprint density at radius 3 is 2.21 bits per heavy atom. The summed E-state index contributed by atoms with van der Waals surface area (Å²) in [7, 11) is 1.56. The highest BCUT2D eigenvalue weighted by atomic mass is 16.6. The van der Waals surface area contributed by atoms with Crippen LogP contribution in [-0.2, 0) is 4.79 Å². The number of methoxy groups -OCH3 is 1. The Morgan fingerprint density at radius 2 is 1.59 bits per heavy atom. The van der Waals surface area contributed by atoms with Crippen LogP contribution >= 0.6 is 0 Å². The third kappa shape index (κ3) is 3.99. The Kier molecular flexibility index (Phi) is 6.09. The first-order chi connectivity index (χ1) is 16.3. The average molecular weight is 459 g/mol. The van der Waals surface area contributed by atoms with Crippen LogP contribution in [0.5, 0.6) is 5.75 Å². The molecule has 2 unspecified atom stereocenters. The van der Waals surface area contributed by atoms with E-state index in [9.17, 15) is 24.5 Å². The number of hydrogen-bond acceptors (Lipinski definition) is 6. The van der Waals surface area contributed by atoms with Crippen molar-refractivity contribution in [1.29, 1.82) is 0 Å². The van der Waals surface area contributed by atoms with E-state index in [0.717, 1.165) is 22.1 Å². The summed E-state index contributed by atoms with van der Waals surface area (Å²) in [6, 6.07) is 18.5. The van der Waals surface area contributed by atoms with Crippen LogP contribution in [0.25, 0.3) is 0 Å². The summed E-state index contributed by atoms with van der Waals surface area (Å²) in [5.41, 5.74) is 0.712. The number of hydrogen-bond donors (Lipinski definition) is 1. The van der Waals surface area contributed by atoms with Gasteiger partial charge in [-0.3, -0.25) is 29.4 Å². The third-order valence-corrected chi connectivity index (χ3v) is 5.76. The topological polar surface area (TPSA) is 119 Å². The number of nitrogens with zero attached hydrogens (tertiary/aromatic N) is 2. The lowest BCUT2D eigenvalue weighted by Crippen LogP contribution is -2.48. The smallest absolute Gasteiger partial charge is 0.282 e. The van der Waals surface area contributed by atoms with Gasteiger partial charge in [-0.1, -0.05) is 48.5 Å². The molecule has 3 aromatic rings. The fraction of sp³-hybridized carbons (Fsp3) is 0.160. The van der Waals surface area contributed by atoms with Gasteiger partial charge < -0.3 is 10.1 Å². The van der Waals surface area contributed by atoms with Crippen LogP contribution in [0.1, 0.15) is 44.8 Å². The van der Waals surface area contributed by atoms with Gasteiger partial charge in [0.05, 0.1) is 23.6 Å². The molecule has 0 radical (unpaired) electrons. The van der Waals surface area contributed by atoms with Gasteiger partial charge in [0.15, 0.2) is 0 Å². The monoisotopic (exact) mass is 459 g/mol. The highest BCUT2D eigenvalue weighted by molar-refractivity contribution is 6.24. The zero-order valence-corrected chi connectivity index (χ0v) is 18.4. The van der Waals surface area contributed by atoms with Crippen LogP contribution in [0.2, 0.25) is 0 Å². The molecule has 34 heavy (non-hydrogen) atoms. The largest absolute Gasteiger partial charge is 0.497 e. The fourth-order valence-electron chi connectivity index (χ4n) is 3.97. The summed E-state index contributed by atoms with van der Waals surface area (Å²) in [6.07, 6.45) is 0. The number of benzene rings is 3. The lowest BCUT2D eigenvalue weighted by molar-refractivity contribution is -0.385. The highest BCUT2D eigenvalue weighted by Crippen LogP contribution is 2.32. The number of imide groups is 1. The predicted octanol–water partition coefficient (Wildman–Crippen LogP) is 3.49. The molecule has 0 spiro atoms. The average Bonchev–Trinajstić information content (AvgIpc) is 3.12. The number of carbonyl (C=O) groups excluding carboxylic acids is 3. The second kappa shape index (κ2) is 9.14. The van der Waals surface area contributed by atoms with Crippen molar-refractivity contribution >= 4 is 23.4 Å². The molecule has 0 saturated carbocycles. The van der Waals surface area contributed by atoms with Crippen molar-refractivity contribution in [3.8, 4) is 5.75 Å². The molecule has 9 nitrogen and oxygen atoms in total. The van der Waals surface area contributed by atoms with E-state index in [1.807, 2.05) is 42.5 Å². The molecule has 0 saturated heterocycles. The molecule has 0 aromatic heterocycles. The molecule has 0 bridgehead atoms. The van der Waals surface area contributed by atoms with Gasteiger partial charge in [0, 0.05) is 6.07 Å². The molecule has 2 atom stereocenters. The summed E-state index contributed by atoms with van der Waals surface area (Å²) in [6.45, 7) is 1.42. The third-order valence-electron chi connectivity index (χ3n) is 5.76. The maximum absolute atomic E-state index is 13.3. The van der Waals surface area contributed by atoms with Crippen molar-refractivity contribution in [1.82, 2.24) is 10.2 Å². The number of amides is 3. The van der Waals surface area contributed by atoms with Crippen molar-refractivity contribution < 1.29 is 24.0 Å². The number of nitrogens with one attached hydrogen (secondary N) is 1.